The average Bonchev–Trinajstić information content (AvgIpc) is 3.38. The lowest BCUT2D eigenvalue weighted by Gasteiger charge is -2.29. The molecule has 1 unspecified atom stereocenters. The fourth-order valence-electron chi connectivity index (χ4n) is 4.88. The molecule has 0 aliphatic carbocycles. The summed E-state index contributed by atoms with van der Waals surface area (Å²) in [4.78, 5) is 18.6. The Morgan fingerprint density at radius 2 is 1.90 bits per heavy atom. The number of aryl methyl sites for hydroxylation is 2. The molecule has 8 nitrogen and oxygen atoms in total. The van der Waals surface area contributed by atoms with E-state index in [1.54, 1.807) is 47.8 Å². The fourth-order valence-corrected chi connectivity index (χ4v) is 5.56. The molecule has 1 amide bonds. The van der Waals surface area contributed by atoms with Crippen LogP contribution in [0.1, 0.15) is 48.6 Å². The van der Waals surface area contributed by atoms with Gasteiger partial charge in [0.2, 0.25) is 11.1 Å². The fraction of sp³-hybridized carbons (Fsp3) is 0.281. The topological polar surface area (TPSA) is 90.3 Å². The van der Waals surface area contributed by atoms with Crippen LogP contribution in [0, 0.1) is 19.7 Å². The molecule has 0 bridgehead atoms. The van der Waals surface area contributed by atoms with Gasteiger partial charge in [-0.15, -0.1) is 5.10 Å². The molecule has 42 heavy (non-hydrogen) atoms. The molecule has 10 heteroatoms. The molecular formula is C32H34FN5O3S. The minimum Gasteiger partial charge on any atom is -0.493 e. The minimum atomic E-state index is -0.593. The summed E-state index contributed by atoms with van der Waals surface area (Å²) in [6.45, 7) is 8.00. The second-order valence-electron chi connectivity index (χ2n) is 10.1. The van der Waals surface area contributed by atoms with Gasteiger partial charge in [-0.05, 0) is 62.6 Å². The summed E-state index contributed by atoms with van der Waals surface area (Å²) in [5.74, 6) is 1.76. The van der Waals surface area contributed by atoms with Crippen molar-refractivity contribution >= 4 is 29.3 Å². The lowest BCUT2D eigenvalue weighted by Crippen LogP contribution is -2.31. The molecule has 1 aromatic heterocycles. The molecule has 3 aromatic carbocycles. The number of nitrogens with zero attached hydrogens (tertiary/aromatic N) is 3. The van der Waals surface area contributed by atoms with Crippen LogP contribution in [0.15, 0.2) is 77.1 Å². The molecule has 0 radical (unpaired) electrons. The van der Waals surface area contributed by atoms with Crippen molar-refractivity contribution in [1.29, 1.82) is 0 Å². The van der Waals surface area contributed by atoms with Gasteiger partial charge in [0.25, 0.3) is 5.91 Å². The molecule has 1 aliphatic rings. The highest BCUT2D eigenvalue weighted by atomic mass is 32.2. The van der Waals surface area contributed by atoms with Gasteiger partial charge in [0, 0.05) is 22.7 Å². The number of thioether (sulfide) groups is 1. The van der Waals surface area contributed by atoms with Crippen LogP contribution in [0.4, 0.5) is 16.0 Å². The third-order valence-electron chi connectivity index (χ3n) is 6.99. The molecular weight excluding hydrogens is 553 g/mol. The van der Waals surface area contributed by atoms with Gasteiger partial charge >= 0.3 is 0 Å². The van der Waals surface area contributed by atoms with Crippen LogP contribution >= 0.6 is 11.8 Å². The van der Waals surface area contributed by atoms with Gasteiger partial charge in [-0.25, -0.2) is 9.07 Å². The maximum Gasteiger partial charge on any atom is 0.255 e. The Labute approximate surface area is 249 Å². The zero-order chi connectivity index (χ0) is 29.8. The van der Waals surface area contributed by atoms with E-state index in [-0.39, 0.29) is 18.3 Å². The largest absolute Gasteiger partial charge is 0.493 e. The number of nitrogens with one attached hydrogen (secondary N) is 2. The molecule has 0 saturated heterocycles. The monoisotopic (exact) mass is 587 g/mol. The number of halogens is 1. The number of anilines is 2. The van der Waals surface area contributed by atoms with Gasteiger partial charge in [-0.3, -0.25) is 4.79 Å². The molecule has 0 fully saturated rings. The first-order chi connectivity index (χ1) is 20.3. The van der Waals surface area contributed by atoms with Crippen molar-refractivity contribution in [3.8, 4) is 11.5 Å². The number of benzene rings is 3. The maximum absolute atomic E-state index is 14.2. The van der Waals surface area contributed by atoms with E-state index in [2.05, 4.69) is 17.6 Å². The van der Waals surface area contributed by atoms with E-state index in [9.17, 15) is 9.18 Å². The Balaban J connectivity index is 1.52. The molecule has 2 heterocycles. The number of rotatable bonds is 10. The highest BCUT2D eigenvalue weighted by Crippen LogP contribution is 2.40. The van der Waals surface area contributed by atoms with Gasteiger partial charge in [-0.1, -0.05) is 60.6 Å². The van der Waals surface area contributed by atoms with Crippen molar-refractivity contribution in [2.75, 3.05) is 23.5 Å². The SMILES string of the molecule is CCCSc1nc2n(n1)C(c1ccc(OCc3ccccc3F)c(OC)c1)C(C(=O)Nc1ccc(C)cc1C)=C(C)N2. The lowest BCUT2D eigenvalue weighted by atomic mass is 9.94. The summed E-state index contributed by atoms with van der Waals surface area (Å²) < 4.78 is 27.6. The highest BCUT2D eigenvalue weighted by Gasteiger charge is 2.35. The van der Waals surface area contributed by atoms with Crippen molar-refractivity contribution in [2.24, 2.45) is 0 Å². The van der Waals surface area contributed by atoms with E-state index >= 15 is 0 Å². The average molecular weight is 588 g/mol. The Kier molecular flexibility index (Phi) is 8.82. The third-order valence-corrected chi connectivity index (χ3v) is 8.03. The molecule has 4 aromatic rings. The van der Waals surface area contributed by atoms with Crippen LogP contribution in [0.25, 0.3) is 0 Å². The van der Waals surface area contributed by atoms with Gasteiger partial charge < -0.3 is 20.1 Å². The van der Waals surface area contributed by atoms with Crippen LogP contribution in [0.5, 0.6) is 11.5 Å². The van der Waals surface area contributed by atoms with E-state index in [0.29, 0.717) is 39.4 Å². The Hall–Kier alpha value is -4.31. The first-order valence-electron chi connectivity index (χ1n) is 13.8. The number of ether oxygens (including phenoxy) is 2. The lowest BCUT2D eigenvalue weighted by molar-refractivity contribution is -0.113. The van der Waals surface area contributed by atoms with E-state index < -0.39 is 6.04 Å². The standard InChI is InChI=1S/C32H34FN5O3S/c1-6-15-42-32-36-31-34-21(4)28(30(39)35-25-13-11-19(2)16-20(25)3)29(38(31)37-32)22-12-14-26(27(17-22)40-5)41-18-23-9-7-8-10-24(23)33/h7-14,16-17,29H,6,15,18H2,1-5H3,(H,35,39)(H,34,36,37). The first-order valence-corrected chi connectivity index (χ1v) is 14.8. The van der Waals surface area contributed by atoms with E-state index in [4.69, 9.17) is 19.6 Å². The number of hydrogen-bond acceptors (Lipinski definition) is 7. The quantitative estimate of drug-likeness (QED) is 0.192. The summed E-state index contributed by atoms with van der Waals surface area (Å²) in [5.41, 5.74) is 5.20. The predicted octanol–water partition coefficient (Wildman–Crippen LogP) is 7.05. The maximum atomic E-state index is 14.2. The van der Waals surface area contributed by atoms with Crippen LogP contribution in [0.2, 0.25) is 0 Å². The van der Waals surface area contributed by atoms with Crippen LogP contribution in [-0.4, -0.2) is 33.5 Å². The Bertz CT molecular complexity index is 1650. The number of methoxy groups -OCH3 is 1. The second-order valence-corrected chi connectivity index (χ2v) is 11.2. The molecule has 218 valence electrons. The summed E-state index contributed by atoms with van der Waals surface area (Å²) in [5, 5.41) is 11.8. The molecule has 0 spiro atoms. The molecule has 0 saturated carbocycles. The van der Waals surface area contributed by atoms with Crippen molar-refractivity contribution in [1.82, 2.24) is 14.8 Å². The molecule has 1 atom stereocenters. The Morgan fingerprint density at radius 3 is 2.64 bits per heavy atom. The zero-order valence-electron chi connectivity index (χ0n) is 24.3. The number of carbonyl (C=O) groups is 1. The number of fused-ring (bicyclic) bond motifs is 1. The van der Waals surface area contributed by atoms with Crippen LogP contribution < -0.4 is 20.1 Å². The number of aromatic nitrogens is 3. The zero-order valence-corrected chi connectivity index (χ0v) is 25.1. The van der Waals surface area contributed by atoms with Crippen molar-refractivity contribution in [3.63, 3.8) is 0 Å². The highest BCUT2D eigenvalue weighted by molar-refractivity contribution is 7.99. The normalized spacial score (nSPS) is 14.3. The predicted molar refractivity (Wildman–Crippen MR) is 164 cm³/mol. The number of hydrogen-bond donors (Lipinski definition) is 2. The number of amides is 1. The molecule has 5 rings (SSSR count). The van der Waals surface area contributed by atoms with Crippen LogP contribution in [-0.2, 0) is 11.4 Å². The molecule has 2 N–H and O–H groups in total. The molecule has 1 aliphatic heterocycles. The summed E-state index contributed by atoms with van der Waals surface area (Å²) >= 11 is 1.57. The number of allylic oxidation sites excluding steroid dienone is 1. The van der Waals surface area contributed by atoms with Gasteiger partial charge in [0.05, 0.1) is 12.7 Å². The second kappa shape index (κ2) is 12.7. The first kappa shape index (κ1) is 29.2. The van der Waals surface area contributed by atoms with Gasteiger partial charge in [-0.2, -0.15) is 4.98 Å². The van der Waals surface area contributed by atoms with Crippen molar-refractivity contribution in [3.05, 3.63) is 100 Å². The van der Waals surface area contributed by atoms with Crippen molar-refractivity contribution in [2.45, 2.75) is 51.9 Å². The number of carbonyl (C=O) groups excluding carboxylic acids is 1. The van der Waals surface area contributed by atoms with Gasteiger partial charge in [0.1, 0.15) is 18.5 Å². The summed E-state index contributed by atoms with van der Waals surface area (Å²) in [6, 6.07) is 17.3. The van der Waals surface area contributed by atoms with E-state index in [1.807, 2.05) is 51.1 Å². The minimum absolute atomic E-state index is 0.0452. The Morgan fingerprint density at radius 1 is 1.10 bits per heavy atom. The van der Waals surface area contributed by atoms with Gasteiger partial charge in [0.15, 0.2) is 11.5 Å². The van der Waals surface area contributed by atoms with E-state index in [0.717, 1.165) is 34.6 Å². The summed E-state index contributed by atoms with van der Waals surface area (Å²) in [7, 11) is 1.55. The third kappa shape index (κ3) is 6.13. The summed E-state index contributed by atoms with van der Waals surface area (Å²) in [6.07, 6.45) is 0.984. The smallest absolute Gasteiger partial charge is 0.255 e. The van der Waals surface area contributed by atoms with E-state index in [1.165, 1.54) is 6.07 Å². The van der Waals surface area contributed by atoms with Crippen LogP contribution in [0.3, 0.4) is 0 Å². The van der Waals surface area contributed by atoms with Crippen molar-refractivity contribution < 1.29 is 18.7 Å².